The number of hydrogen-bond acceptors (Lipinski definition) is 6. The van der Waals surface area contributed by atoms with Crippen molar-refractivity contribution in [1.82, 2.24) is 0 Å². The van der Waals surface area contributed by atoms with E-state index in [1.165, 1.54) is 11.4 Å². The monoisotopic (exact) mass is 519 g/mol. The predicted molar refractivity (Wildman–Crippen MR) is 141 cm³/mol. The van der Waals surface area contributed by atoms with E-state index in [1.807, 2.05) is 12.1 Å². The van der Waals surface area contributed by atoms with E-state index in [-0.39, 0.29) is 12.3 Å². The molecule has 1 aliphatic carbocycles. The molecule has 0 spiro atoms. The zero-order valence-corrected chi connectivity index (χ0v) is 20.9. The highest BCUT2D eigenvalue weighted by Crippen LogP contribution is 2.59. The minimum atomic E-state index is -3.50. The van der Waals surface area contributed by atoms with Crippen LogP contribution in [0.3, 0.4) is 0 Å². The highest BCUT2D eigenvalue weighted by molar-refractivity contribution is 7.92. The molecule has 0 saturated heterocycles. The van der Waals surface area contributed by atoms with Crippen molar-refractivity contribution in [1.29, 1.82) is 0 Å². The quantitative estimate of drug-likeness (QED) is 0.365. The summed E-state index contributed by atoms with van der Waals surface area (Å²) in [4.78, 5) is 36.9. The van der Waals surface area contributed by atoms with Crippen molar-refractivity contribution in [3.8, 4) is 11.1 Å². The van der Waals surface area contributed by atoms with E-state index in [1.54, 1.807) is 48.5 Å². The highest BCUT2D eigenvalue weighted by Gasteiger charge is 2.64. The van der Waals surface area contributed by atoms with Crippen LogP contribution >= 0.6 is 0 Å². The molecule has 10 nitrogen and oxygen atoms in total. The molecule has 3 amide bonds. The first-order valence-corrected chi connectivity index (χ1v) is 13.3. The van der Waals surface area contributed by atoms with E-state index in [0.29, 0.717) is 45.0 Å². The fraction of sp³-hybridized carbons (Fsp3) is 0.192. The molecule has 6 N–H and O–H groups in total. The first-order valence-electron chi connectivity index (χ1n) is 11.4. The number of nitrogens with two attached hydrogens (primary N) is 2. The largest absolute Gasteiger partial charge is 0.369 e. The van der Waals surface area contributed by atoms with Crippen molar-refractivity contribution in [2.45, 2.75) is 12.3 Å². The van der Waals surface area contributed by atoms with Crippen LogP contribution in [-0.2, 0) is 19.6 Å². The lowest BCUT2D eigenvalue weighted by atomic mass is 9.97. The molecule has 11 heteroatoms. The van der Waals surface area contributed by atoms with Gasteiger partial charge in [-0.3, -0.25) is 18.7 Å². The molecule has 1 atom stereocenters. The Morgan fingerprint density at radius 1 is 0.919 bits per heavy atom. The summed E-state index contributed by atoms with van der Waals surface area (Å²) in [6.07, 6.45) is 1.36. The number of para-hydroxylation sites is 1. The molecule has 37 heavy (non-hydrogen) atoms. The maximum absolute atomic E-state index is 13.0. The maximum atomic E-state index is 13.0. The Morgan fingerprint density at radius 3 is 2.27 bits per heavy atom. The van der Waals surface area contributed by atoms with Crippen molar-refractivity contribution >= 4 is 50.5 Å². The number of primary amides is 2. The van der Waals surface area contributed by atoms with Crippen molar-refractivity contribution < 1.29 is 22.8 Å². The fourth-order valence-electron chi connectivity index (χ4n) is 4.84. The van der Waals surface area contributed by atoms with Gasteiger partial charge in [-0.25, -0.2) is 8.42 Å². The van der Waals surface area contributed by atoms with Crippen LogP contribution in [0, 0.1) is 5.41 Å². The summed E-state index contributed by atoms with van der Waals surface area (Å²) in [5, 5.41) is 6.15. The number of carbonyl (C=O) groups is 3. The lowest BCUT2D eigenvalue weighted by Crippen LogP contribution is -2.38. The third-order valence-corrected chi connectivity index (χ3v) is 8.31. The van der Waals surface area contributed by atoms with Gasteiger partial charge in [0.2, 0.25) is 21.8 Å². The van der Waals surface area contributed by atoms with Crippen LogP contribution in [-0.4, -0.2) is 39.4 Å². The van der Waals surface area contributed by atoms with Crippen molar-refractivity contribution in [2.75, 3.05) is 28.2 Å². The van der Waals surface area contributed by atoms with Gasteiger partial charge in [0.25, 0.3) is 5.91 Å². The SMILES string of the molecule is CN(c1ccccc1-c1ccc2c(c1)Nc1cc(C3CC3(C(N)=O)C(N)=O)ccc1NC2=O)S(C)(=O)=O. The predicted octanol–water partition coefficient (Wildman–Crippen LogP) is 2.50. The summed E-state index contributed by atoms with van der Waals surface area (Å²) in [6.45, 7) is 0. The summed E-state index contributed by atoms with van der Waals surface area (Å²) in [5.74, 6) is -2.28. The zero-order valence-electron chi connectivity index (χ0n) is 20.1. The molecule has 190 valence electrons. The van der Waals surface area contributed by atoms with Crippen LogP contribution in [0.2, 0.25) is 0 Å². The van der Waals surface area contributed by atoms with Crippen LogP contribution in [0.25, 0.3) is 11.1 Å². The molecule has 0 radical (unpaired) electrons. The number of benzene rings is 3. The van der Waals surface area contributed by atoms with E-state index in [4.69, 9.17) is 11.5 Å². The molecule has 2 aliphatic rings. The molecule has 5 rings (SSSR count). The molecule has 3 aromatic rings. The Kier molecular flexibility index (Phi) is 5.48. The highest BCUT2D eigenvalue weighted by atomic mass is 32.2. The van der Waals surface area contributed by atoms with Crippen LogP contribution < -0.4 is 26.4 Å². The number of rotatable bonds is 6. The number of carbonyl (C=O) groups excluding carboxylic acids is 3. The van der Waals surface area contributed by atoms with Gasteiger partial charge in [0.05, 0.1) is 34.6 Å². The Bertz CT molecular complexity index is 1590. The lowest BCUT2D eigenvalue weighted by Gasteiger charge is -2.21. The Balaban J connectivity index is 1.55. The van der Waals surface area contributed by atoms with Gasteiger partial charge in [-0.15, -0.1) is 0 Å². The number of nitrogens with one attached hydrogen (secondary N) is 2. The van der Waals surface area contributed by atoms with Crippen molar-refractivity contribution in [3.05, 3.63) is 71.8 Å². The van der Waals surface area contributed by atoms with Crippen LogP contribution in [0.15, 0.2) is 60.7 Å². The first-order chi connectivity index (χ1) is 17.4. The Labute approximate surface area is 213 Å². The van der Waals surface area contributed by atoms with E-state index >= 15 is 0 Å². The fourth-order valence-corrected chi connectivity index (χ4v) is 5.36. The van der Waals surface area contributed by atoms with E-state index < -0.39 is 33.2 Å². The normalized spacial score (nSPS) is 17.4. The minimum Gasteiger partial charge on any atom is -0.369 e. The van der Waals surface area contributed by atoms with Gasteiger partial charge in [-0.05, 0) is 47.9 Å². The Morgan fingerprint density at radius 2 is 1.62 bits per heavy atom. The molecule has 0 aromatic heterocycles. The van der Waals surface area contributed by atoms with Gasteiger partial charge in [0.1, 0.15) is 5.41 Å². The summed E-state index contributed by atoms with van der Waals surface area (Å²) in [7, 11) is -2.02. The number of hydrogen-bond donors (Lipinski definition) is 4. The first kappa shape index (κ1) is 24.3. The van der Waals surface area contributed by atoms with Crippen LogP contribution in [0.5, 0.6) is 0 Å². The van der Waals surface area contributed by atoms with E-state index in [2.05, 4.69) is 10.6 Å². The van der Waals surface area contributed by atoms with Crippen molar-refractivity contribution in [3.63, 3.8) is 0 Å². The lowest BCUT2D eigenvalue weighted by molar-refractivity contribution is -0.133. The topological polar surface area (TPSA) is 165 Å². The number of amides is 3. The average molecular weight is 520 g/mol. The number of anilines is 4. The molecule has 1 unspecified atom stereocenters. The average Bonchev–Trinajstić information content (AvgIpc) is 3.63. The number of nitrogens with zero attached hydrogens (tertiary/aromatic N) is 1. The molecule has 1 fully saturated rings. The third-order valence-electron chi connectivity index (χ3n) is 7.12. The minimum absolute atomic E-state index is 0.230. The van der Waals surface area contributed by atoms with Gasteiger partial charge in [0, 0.05) is 18.5 Å². The second kappa shape index (κ2) is 8.34. The van der Waals surface area contributed by atoms with Crippen LogP contribution in [0.4, 0.5) is 22.7 Å². The molecule has 1 aliphatic heterocycles. The zero-order chi connectivity index (χ0) is 26.7. The van der Waals surface area contributed by atoms with Gasteiger partial charge < -0.3 is 22.1 Å². The summed E-state index contributed by atoms with van der Waals surface area (Å²) in [6, 6.07) is 17.5. The molecule has 3 aromatic carbocycles. The summed E-state index contributed by atoms with van der Waals surface area (Å²) < 4.78 is 25.6. The van der Waals surface area contributed by atoms with E-state index in [0.717, 1.165) is 6.26 Å². The summed E-state index contributed by atoms with van der Waals surface area (Å²) >= 11 is 0. The maximum Gasteiger partial charge on any atom is 0.257 e. The van der Waals surface area contributed by atoms with Gasteiger partial charge in [0.15, 0.2) is 0 Å². The molecule has 1 heterocycles. The standard InChI is InChI=1S/C26H25N5O5S/c1-31(37(2,35)36)22-6-4-3-5-16(22)14-7-9-17-20(11-14)29-21-12-15(8-10-19(21)30-23(17)32)18-13-26(18,24(27)33)25(28)34/h3-12,18,29H,13H2,1-2H3,(H2,27,33)(H2,28,34)(H,30,32). The molecule has 1 saturated carbocycles. The number of fused-ring (bicyclic) bond motifs is 2. The van der Waals surface area contributed by atoms with E-state index in [9.17, 15) is 22.8 Å². The summed E-state index contributed by atoms with van der Waals surface area (Å²) in [5.41, 5.74) is 14.1. The van der Waals surface area contributed by atoms with Crippen molar-refractivity contribution in [2.24, 2.45) is 16.9 Å². The van der Waals surface area contributed by atoms with Gasteiger partial charge >= 0.3 is 0 Å². The molecular weight excluding hydrogens is 494 g/mol. The second-order valence-electron chi connectivity index (χ2n) is 9.35. The Hall–Kier alpha value is -4.38. The number of sulfonamides is 1. The van der Waals surface area contributed by atoms with Gasteiger partial charge in [-0.2, -0.15) is 0 Å². The third kappa shape index (κ3) is 3.97. The van der Waals surface area contributed by atoms with Crippen LogP contribution in [0.1, 0.15) is 28.3 Å². The van der Waals surface area contributed by atoms with Gasteiger partial charge in [-0.1, -0.05) is 30.3 Å². The molecular formula is C26H25N5O5S. The smallest absolute Gasteiger partial charge is 0.257 e. The second-order valence-corrected chi connectivity index (χ2v) is 11.4. The molecule has 0 bridgehead atoms.